The lowest BCUT2D eigenvalue weighted by Gasteiger charge is -2.25. The van der Waals surface area contributed by atoms with E-state index in [0.29, 0.717) is 27.5 Å². The second-order valence-electron chi connectivity index (χ2n) is 6.42. The van der Waals surface area contributed by atoms with Crippen LogP contribution in [0.5, 0.6) is 11.5 Å². The van der Waals surface area contributed by atoms with E-state index < -0.39 is 17.9 Å². The highest BCUT2D eigenvalue weighted by molar-refractivity contribution is 8.01. The zero-order chi connectivity index (χ0) is 21.6. The minimum Gasteiger partial charge on any atom is -0.485 e. The minimum atomic E-state index is -0.896. The van der Waals surface area contributed by atoms with Gasteiger partial charge in [-0.3, -0.25) is 14.9 Å². The maximum absolute atomic E-state index is 12.9. The Labute approximate surface area is 185 Å². The van der Waals surface area contributed by atoms with E-state index in [9.17, 15) is 14.0 Å². The maximum atomic E-state index is 12.9. The van der Waals surface area contributed by atoms with E-state index in [1.807, 2.05) is 0 Å². The zero-order valence-corrected chi connectivity index (χ0v) is 17.7. The van der Waals surface area contributed by atoms with Crippen LogP contribution in [-0.4, -0.2) is 40.5 Å². The molecule has 4 rings (SSSR count). The molecule has 0 saturated heterocycles. The van der Waals surface area contributed by atoms with Gasteiger partial charge >= 0.3 is 0 Å². The predicted octanol–water partition coefficient (Wildman–Crippen LogP) is 2.86. The molecule has 0 fully saturated rings. The molecule has 1 atom stereocenters. The number of para-hydroxylation sites is 2. The monoisotopic (exact) mass is 460 g/mol. The number of carbonyl (C=O) groups excluding carboxylic acids is 2. The molecule has 11 heteroatoms. The molecule has 3 aromatic rings. The number of aromatic nitrogens is 2. The van der Waals surface area contributed by atoms with Gasteiger partial charge in [0.2, 0.25) is 17.1 Å². The molecule has 2 aromatic carbocycles. The van der Waals surface area contributed by atoms with Crippen LogP contribution in [0.3, 0.4) is 0 Å². The lowest BCUT2D eigenvalue weighted by molar-refractivity contribution is -0.135. The van der Waals surface area contributed by atoms with Gasteiger partial charge in [0, 0.05) is 6.54 Å². The molecule has 2 amide bonds. The van der Waals surface area contributed by atoms with Crippen molar-refractivity contribution in [1.82, 2.24) is 15.5 Å². The summed E-state index contributed by atoms with van der Waals surface area (Å²) in [6.07, 6.45) is -0.896. The second-order valence-corrected chi connectivity index (χ2v) is 8.62. The third-order valence-electron chi connectivity index (χ3n) is 4.15. The summed E-state index contributed by atoms with van der Waals surface area (Å²) in [7, 11) is 0. The lowest BCUT2D eigenvalue weighted by Crippen LogP contribution is -2.46. The molecule has 2 heterocycles. The van der Waals surface area contributed by atoms with Crippen LogP contribution in [0.1, 0.15) is 5.56 Å². The van der Waals surface area contributed by atoms with Gasteiger partial charge in [-0.05, 0) is 29.8 Å². The number of thioether (sulfide) groups is 1. The zero-order valence-electron chi connectivity index (χ0n) is 16.0. The molecular formula is C20H17FN4O4S2. The molecule has 0 unspecified atom stereocenters. The maximum Gasteiger partial charge on any atom is 0.271 e. The molecule has 160 valence electrons. The number of imide groups is 1. The molecule has 8 nitrogen and oxygen atoms in total. The van der Waals surface area contributed by atoms with Gasteiger partial charge < -0.3 is 14.8 Å². The van der Waals surface area contributed by atoms with Crippen molar-refractivity contribution in [2.75, 3.05) is 17.7 Å². The normalized spacial score (nSPS) is 14.7. The van der Waals surface area contributed by atoms with E-state index in [0.717, 1.165) is 5.56 Å². The highest BCUT2D eigenvalue weighted by Crippen LogP contribution is 2.31. The summed E-state index contributed by atoms with van der Waals surface area (Å²) >= 11 is 2.45. The summed E-state index contributed by atoms with van der Waals surface area (Å²) in [6.45, 7) is 0.504. The number of ether oxygens (including phenoxy) is 2. The van der Waals surface area contributed by atoms with Gasteiger partial charge in [0.25, 0.3) is 5.91 Å². The van der Waals surface area contributed by atoms with Gasteiger partial charge in [-0.1, -0.05) is 47.4 Å². The van der Waals surface area contributed by atoms with E-state index in [2.05, 4.69) is 20.8 Å². The Morgan fingerprint density at radius 2 is 1.90 bits per heavy atom. The Kier molecular flexibility index (Phi) is 6.63. The quantitative estimate of drug-likeness (QED) is 0.519. The molecule has 0 saturated carbocycles. The minimum absolute atomic E-state index is 0.00248. The number of halogens is 1. The van der Waals surface area contributed by atoms with Crippen LogP contribution >= 0.6 is 23.1 Å². The number of nitrogens with zero attached hydrogens (tertiary/aromatic N) is 2. The van der Waals surface area contributed by atoms with Crippen LogP contribution in [0, 0.1) is 5.82 Å². The molecular weight excluding hydrogens is 443 g/mol. The lowest BCUT2D eigenvalue weighted by atomic mass is 10.2. The van der Waals surface area contributed by atoms with Crippen LogP contribution in [0.15, 0.2) is 52.9 Å². The molecule has 31 heavy (non-hydrogen) atoms. The second kappa shape index (κ2) is 9.75. The number of hydrogen-bond acceptors (Lipinski definition) is 9. The Morgan fingerprint density at radius 1 is 1.13 bits per heavy atom. The van der Waals surface area contributed by atoms with Crippen molar-refractivity contribution in [1.29, 1.82) is 0 Å². The van der Waals surface area contributed by atoms with Crippen molar-refractivity contribution in [3.63, 3.8) is 0 Å². The van der Waals surface area contributed by atoms with Gasteiger partial charge in [0.1, 0.15) is 12.4 Å². The van der Waals surface area contributed by atoms with Gasteiger partial charge in [0.15, 0.2) is 15.8 Å². The van der Waals surface area contributed by atoms with Crippen molar-refractivity contribution in [3.05, 3.63) is 59.9 Å². The fraction of sp³-hybridized carbons (Fsp3) is 0.200. The first-order valence-corrected chi connectivity index (χ1v) is 11.0. The largest absolute Gasteiger partial charge is 0.485 e. The Bertz CT molecular complexity index is 1080. The van der Waals surface area contributed by atoms with Crippen molar-refractivity contribution in [2.45, 2.75) is 17.0 Å². The molecule has 1 aliphatic rings. The van der Waals surface area contributed by atoms with E-state index in [4.69, 9.17) is 9.47 Å². The number of amides is 2. The predicted molar refractivity (Wildman–Crippen MR) is 114 cm³/mol. The van der Waals surface area contributed by atoms with Crippen LogP contribution in [-0.2, 0) is 16.1 Å². The average molecular weight is 461 g/mol. The van der Waals surface area contributed by atoms with Crippen molar-refractivity contribution < 1.29 is 23.5 Å². The van der Waals surface area contributed by atoms with Crippen LogP contribution in [0.2, 0.25) is 0 Å². The first-order chi connectivity index (χ1) is 15.1. The van der Waals surface area contributed by atoms with Crippen molar-refractivity contribution in [2.24, 2.45) is 0 Å². The van der Waals surface area contributed by atoms with Gasteiger partial charge in [0.05, 0.1) is 5.75 Å². The molecule has 0 radical (unpaired) electrons. The number of rotatable bonds is 7. The van der Waals surface area contributed by atoms with Gasteiger partial charge in [-0.15, -0.1) is 10.2 Å². The van der Waals surface area contributed by atoms with E-state index in [1.54, 1.807) is 36.4 Å². The molecule has 2 N–H and O–H groups in total. The SMILES string of the molecule is O=C(CSc1nnc(NCc2ccc(F)cc2)s1)NC(=O)[C@@H]1COc2ccccc2O1. The summed E-state index contributed by atoms with van der Waals surface area (Å²) in [6, 6.07) is 13.2. The molecule has 0 bridgehead atoms. The van der Waals surface area contributed by atoms with Gasteiger partial charge in [-0.2, -0.15) is 0 Å². The summed E-state index contributed by atoms with van der Waals surface area (Å²) in [5.74, 6) is -0.281. The summed E-state index contributed by atoms with van der Waals surface area (Å²) in [5, 5.41) is 14.0. The van der Waals surface area contributed by atoms with Crippen LogP contribution < -0.4 is 20.1 Å². The topological polar surface area (TPSA) is 102 Å². The first kappa shape index (κ1) is 21.1. The number of benzene rings is 2. The summed E-state index contributed by atoms with van der Waals surface area (Å²) in [4.78, 5) is 24.4. The van der Waals surface area contributed by atoms with Crippen LogP contribution in [0.4, 0.5) is 9.52 Å². The molecule has 1 aliphatic heterocycles. The average Bonchev–Trinajstić information content (AvgIpc) is 3.25. The Morgan fingerprint density at radius 3 is 2.71 bits per heavy atom. The van der Waals surface area contributed by atoms with Crippen molar-refractivity contribution >= 4 is 40.0 Å². The number of hydrogen-bond donors (Lipinski definition) is 2. The van der Waals surface area contributed by atoms with Gasteiger partial charge in [-0.25, -0.2) is 4.39 Å². The van der Waals surface area contributed by atoms with Crippen LogP contribution in [0.25, 0.3) is 0 Å². The van der Waals surface area contributed by atoms with Crippen molar-refractivity contribution in [3.8, 4) is 11.5 Å². The third kappa shape index (κ3) is 5.70. The fourth-order valence-electron chi connectivity index (χ4n) is 2.65. The van der Waals surface area contributed by atoms with E-state index >= 15 is 0 Å². The van der Waals surface area contributed by atoms with E-state index in [-0.39, 0.29) is 18.2 Å². The number of nitrogens with one attached hydrogen (secondary N) is 2. The highest BCUT2D eigenvalue weighted by atomic mass is 32.2. The first-order valence-electron chi connectivity index (χ1n) is 9.23. The standard InChI is InChI=1S/C20H17FN4O4S2/c21-13-7-5-12(6-8-13)9-22-19-24-25-20(31-19)30-11-17(26)23-18(27)16-10-28-14-3-1-2-4-15(14)29-16/h1-8,16H,9-11H2,(H,22,24)(H,23,26,27)/t16-/m0/s1. The number of anilines is 1. The molecule has 1 aromatic heterocycles. The smallest absolute Gasteiger partial charge is 0.271 e. The Balaban J connectivity index is 1.21. The molecule has 0 aliphatic carbocycles. The fourth-order valence-corrected chi connectivity index (χ4v) is 4.20. The summed E-state index contributed by atoms with van der Waals surface area (Å²) in [5.41, 5.74) is 0.903. The Hall–Kier alpha value is -3.18. The van der Waals surface area contributed by atoms with E-state index in [1.165, 1.54) is 35.2 Å². The summed E-state index contributed by atoms with van der Waals surface area (Å²) < 4.78 is 24.6. The highest BCUT2D eigenvalue weighted by Gasteiger charge is 2.28. The molecule has 0 spiro atoms. The number of fused-ring (bicyclic) bond motifs is 1. The third-order valence-corrected chi connectivity index (χ3v) is 6.17. The number of carbonyl (C=O) groups is 2.